The number of methoxy groups -OCH3 is 1. The number of amides is 1. The van der Waals surface area contributed by atoms with Crippen molar-refractivity contribution in [2.45, 2.75) is 25.2 Å². The maximum atomic E-state index is 12.7. The number of halogens is 5. The van der Waals surface area contributed by atoms with Crippen LogP contribution in [0.4, 0.5) is 18.9 Å². The average molecular weight is 670 g/mol. The van der Waals surface area contributed by atoms with Crippen molar-refractivity contribution < 1.29 is 46.9 Å². The van der Waals surface area contributed by atoms with Crippen LogP contribution >= 0.6 is 23.2 Å². The second-order valence-corrected chi connectivity index (χ2v) is 10.5. The molecule has 4 aromatic rings. The third-order valence-electron chi connectivity index (χ3n) is 6.63. The third-order valence-corrected chi connectivity index (χ3v) is 7.20. The van der Waals surface area contributed by atoms with Crippen molar-refractivity contribution in [2.24, 2.45) is 0 Å². The Kier molecular flexibility index (Phi) is 11.2. The van der Waals surface area contributed by atoms with Crippen molar-refractivity contribution in [3.8, 4) is 17.2 Å². The normalized spacial score (nSPS) is 12.2. The Morgan fingerprint density at radius 2 is 1.69 bits per heavy atom. The van der Waals surface area contributed by atoms with E-state index in [2.05, 4.69) is 9.72 Å². The molecule has 0 bridgehead atoms. The highest BCUT2D eigenvalue weighted by Crippen LogP contribution is 2.36. The number of rotatable bonds is 13. The van der Waals surface area contributed by atoms with Gasteiger partial charge in [-0.25, -0.2) is 9.78 Å². The van der Waals surface area contributed by atoms with Gasteiger partial charge in [0, 0.05) is 36.3 Å². The maximum Gasteiger partial charge on any atom is 0.471 e. The number of hydrogen-bond donors (Lipinski definition) is 3. The summed E-state index contributed by atoms with van der Waals surface area (Å²) in [5, 5.41) is 20.2. The van der Waals surface area contributed by atoms with E-state index < -0.39 is 24.1 Å². The van der Waals surface area contributed by atoms with E-state index in [-0.39, 0.29) is 47.6 Å². The number of carbonyl (C=O) groups excluding carboxylic acids is 2. The predicted molar refractivity (Wildman–Crippen MR) is 160 cm³/mol. The van der Waals surface area contributed by atoms with Crippen LogP contribution in [0.2, 0.25) is 10.0 Å². The lowest BCUT2D eigenvalue weighted by atomic mass is 10.1. The Bertz CT molecular complexity index is 1620. The molecule has 240 valence electrons. The van der Waals surface area contributed by atoms with E-state index in [1.807, 2.05) is 29.2 Å². The standard InChI is InChI=1S/C30H28Cl2F3N3O7/c1-43-28(41)24(37-29(42)30(33,34)35)15-17-13-21(31)26(22(32)14-17)44-16-19-3-2-4-23-25(19)45-27(36-23)18-5-7-20(8-6-18)38(9-11-39)10-12-40/h2-8,13-14,24,39-40H,9-12,15-16H2,1H3,(H,37,42)/t24-/m0/s1. The van der Waals surface area contributed by atoms with Crippen LogP contribution in [0, 0.1) is 0 Å². The molecular weight excluding hydrogens is 642 g/mol. The van der Waals surface area contributed by atoms with Crippen LogP contribution < -0.4 is 15.0 Å². The minimum atomic E-state index is -5.19. The topological polar surface area (TPSA) is 134 Å². The maximum absolute atomic E-state index is 12.7. The highest BCUT2D eigenvalue weighted by molar-refractivity contribution is 6.37. The molecule has 3 aromatic carbocycles. The van der Waals surface area contributed by atoms with E-state index in [4.69, 9.17) is 32.4 Å². The third kappa shape index (κ3) is 8.37. The van der Waals surface area contributed by atoms with Crippen molar-refractivity contribution in [1.82, 2.24) is 10.3 Å². The van der Waals surface area contributed by atoms with Gasteiger partial charge in [-0.3, -0.25) is 4.79 Å². The molecule has 1 aromatic heterocycles. The average Bonchev–Trinajstić information content (AvgIpc) is 3.45. The molecule has 0 radical (unpaired) electrons. The van der Waals surface area contributed by atoms with Gasteiger partial charge in [-0.1, -0.05) is 35.3 Å². The van der Waals surface area contributed by atoms with E-state index in [0.717, 1.165) is 12.8 Å². The molecule has 0 fully saturated rings. The number of fused-ring (bicyclic) bond motifs is 1. The van der Waals surface area contributed by atoms with Gasteiger partial charge < -0.3 is 34.3 Å². The number of aliphatic hydroxyl groups excluding tert-OH is 2. The van der Waals surface area contributed by atoms with Gasteiger partial charge in [0.1, 0.15) is 18.2 Å². The molecule has 1 amide bonds. The van der Waals surface area contributed by atoms with Crippen molar-refractivity contribution >= 4 is 51.9 Å². The smallest absolute Gasteiger partial charge is 0.471 e. The lowest BCUT2D eigenvalue weighted by molar-refractivity contribution is -0.175. The van der Waals surface area contributed by atoms with Gasteiger partial charge in [0.2, 0.25) is 5.89 Å². The number of para-hydroxylation sites is 1. The first-order chi connectivity index (χ1) is 21.4. The summed E-state index contributed by atoms with van der Waals surface area (Å²) in [6.45, 7) is 0.597. The van der Waals surface area contributed by atoms with E-state index in [0.29, 0.717) is 41.2 Å². The number of alkyl halides is 3. The summed E-state index contributed by atoms with van der Waals surface area (Å²) in [6.07, 6.45) is -5.57. The molecule has 0 aliphatic heterocycles. The van der Waals surface area contributed by atoms with Crippen LogP contribution in [0.25, 0.3) is 22.6 Å². The summed E-state index contributed by atoms with van der Waals surface area (Å²) in [5.41, 5.74) is 3.42. The SMILES string of the molecule is COC(=O)[C@H](Cc1cc(Cl)c(OCc2cccc3nc(-c4ccc(N(CCO)CCO)cc4)oc23)c(Cl)c1)NC(=O)C(F)(F)F. The highest BCUT2D eigenvalue weighted by Gasteiger charge is 2.41. The van der Waals surface area contributed by atoms with Crippen LogP contribution in [-0.4, -0.2) is 72.7 Å². The fourth-order valence-electron chi connectivity index (χ4n) is 4.50. The molecule has 45 heavy (non-hydrogen) atoms. The van der Waals surface area contributed by atoms with Crippen molar-refractivity contribution in [3.63, 3.8) is 0 Å². The molecule has 1 atom stereocenters. The highest BCUT2D eigenvalue weighted by atomic mass is 35.5. The van der Waals surface area contributed by atoms with Gasteiger partial charge >= 0.3 is 18.1 Å². The van der Waals surface area contributed by atoms with Crippen molar-refractivity contribution in [3.05, 3.63) is 75.8 Å². The molecule has 1 heterocycles. The Morgan fingerprint density at radius 1 is 1.04 bits per heavy atom. The Balaban J connectivity index is 1.50. The first-order valence-corrected chi connectivity index (χ1v) is 14.2. The number of anilines is 1. The fraction of sp³-hybridized carbons (Fsp3) is 0.300. The second-order valence-electron chi connectivity index (χ2n) is 9.69. The summed E-state index contributed by atoms with van der Waals surface area (Å²) in [4.78, 5) is 29.9. The summed E-state index contributed by atoms with van der Waals surface area (Å²) >= 11 is 12.8. The van der Waals surface area contributed by atoms with Gasteiger partial charge in [0.05, 0.1) is 30.4 Å². The van der Waals surface area contributed by atoms with Crippen molar-refractivity contribution in [1.29, 1.82) is 0 Å². The van der Waals surface area contributed by atoms with Crippen LogP contribution in [0.3, 0.4) is 0 Å². The van der Waals surface area contributed by atoms with Gasteiger partial charge in [-0.05, 0) is 48.0 Å². The number of ether oxygens (including phenoxy) is 2. The van der Waals surface area contributed by atoms with E-state index in [9.17, 15) is 33.0 Å². The van der Waals surface area contributed by atoms with E-state index >= 15 is 0 Å². The molecule has 0 saturated carbocycles. The van der Waals surface area contributed by atoms with Crippen molar-refractivity contribution in [2.75, 3.05) is 38.3 Å². The van der Waals surface area contributed by atoms with Gasteiger partial charge in [-0.15, -0.1) is 0 Å². The quantitative estimate of drug-likeness (QED) is 0.169. The fourth-order valence-corrected chi connectivity index (χ4v) is 5.14. The monoisotopic (exact) mass is 669 g/mol. The Hall–Kier alpha value is -4.04. The zero-order chi connectivity index (χ0) is 32.7. The number of esters is 1. The summed E-state index contributed by atoms with van der Waals surface area (Å²) in [5.74, 6) is -2.93. The second kappa shape index (κ2) is 14.8. The lowest BCUT2D eigenvalue weighted by Crippen LogP contribution is -2.48. The summed E-state index contributed by atoms with van der Waals surface area (Å²) in [7, 11) is 0.980. The molecule has 0 saturated heterocycles. The van der Waals surface area contributed by atoms with Crippen LogP contribution in [-0.2, 0) is 27.4 Å². The Morgan fingerprint density at radius 3 is 2.27 bits per heavy atom. The number of aliphatic hydroxyl groups is 2. The first-order valence-electron chi connectivity index (χ1n) is 13.5. The van der Waals surface area contributed by atoms with Crippen LogP contribution in [0.15, 0.2) is 59.0 Å². The minimum Gasteiger partial charge on any atom is -0.486 e. The van der Waals surface area contributed by atoms with Gasteiger partial charge in [0.15, 0.2) is 11.3 Å². The van der Waals surface area contributed by atoms with Crippen LogP contribution in [0.1, 0.15) is 11.1 Å². The molecular formula is C30H28Cl2F3N3O7. The van der Waals surface area contributed by atoms with Gasteiger partial charge in [-0.2, -0.15) is 13.2 Å². The number of nitrogens with zero attached hydrogens (tertiary/aromatic N) is 2. The number of nitrogens with one attached hydrogen (secondary N) is 1. The zero-order valence-corrected chi connectivity index (χ0v) is 25.2. The number of oxazole rings is 1. The first kappa shape index (κ1) is 33.8. The van der Waals surface area contributed by atoms with E-state index in [1.165, 1.54) is 12.1 Å². The minimum absolute atomic E-state index is 0.0187. The number of hydrogen-bond acceptors (Lipinski definition) is 9. The summed E-state index contributed by atoms with van der Waals surface area (Å²) < 4.78 is 54.7. The lowest BCUT2D eigenvalue weighted by Gasteiger charge is -2.22. The zero-order valence-electron chi connectivity index (χ0n) is 23.7. The Labute approximate surface area is 265 Å². The largest absolute Gasteiger partial charge is 0.486 e. The molecule has 3 N–H and O–H groups in total. The molecule has 0 aliphatic rings. The molecule has 0 spiro atoms. The molecule has 4 rings (SSSR count). The molecule has 15 heteroatoms. The van der Waals surface area contributed by atoms with Crippen LogP contribution in [0.5, 0.6) is 5.75 Å². The van der Waals surface area contributed by atoms with Gasteiger partial charge in [0.25, 0.3) is 0 Å². The van der Waals surface area contributed by atoms with E-state index in [1.54, 1.807) is 23.5 Å². The molecule has 0 aliphatic carbocycles. The predicted octanol–water partition coefficient (Wildman–Crippen LogP) is 4.93. The summed E-state index contributed by atoms with van der Waals surface area (Å²) in [6, 6.07) is 13.7. The number of carbonyl (C=O) groups is 2. The number of benzene rings is 3. The number of aromatic nitrogens is 1. The molecule has 10 nitrogen and oxygen atoms in total. The molecule has 0 unspecified atom stereocenters.